The Morgan fingerprint density at radius 2 is 2.19 bits per heavy atom. The summed E-state index contributed by atoms with van der Waals surface area (Å²) in [7, 11) is 0. The first kappa shape index (κ1) is 11.4. The molecule has 2 aromatic heterocycles. The van der Waals surface area contributed by atoms with E-state index in [1.165, 1.54) is 4.88 Å². The number of nitrogen functional groups attached to an aromatic ring is 1. The average molecular weight is 254 g/mol. The van der Waals surface area contributed by atoms with Crippen molar-refractivity contribution in [1.29, 1.82) is 0 Å². The highest BCUT2D eigenvalue weighted by atomic mass is 35.5. The molecule has 0 fully saturated rings. The molecule has 2 rings (SSSR count). The maximum absolute atomic E-state index is 5.88. The first-order valence-electron chi connectivity index (χ1n) is 4.89. The van der Waals surface area contributed by atoms with Gasteiger partial charge in [-0.1, -0.05) is 11.6 Å². The quantitative estimate of drug-likeness (QED) is 0.895. The van der Waals surface area contributed by atoms with Crippen LogP contribution in [0.1, 0.15) is 21.1 Å². The third kappa shape index (κ3) is 2.33. The molecule has 0 bridgehead atoms. The van der Waals surface area contributed by atoms with Crippen LogP contribution < -0.4 is 5.73 Å². The fourth-order valence-corrected chi connectivity index (χ4v) is 2.55. The van der Waals surface area contributed by atoms with Gasteiger partial charge in [0, 0.05) is 23.1 Å². The Labute approximate surface area is 103 Å². The zero-order valence-electron chi connectivity index (χ0n) is 9.12. The van der Waals surface area contributed by atoms with E-state index in [4.69, 9.17) is 17.3 Å². The van der Waals surface area contributed by atoms with Crippen LogP contribution in [0.5, 0.6) is 0 Å². The lowest BCUT2D eigenvalue weighted by Crippen LogP contribution is -1.98. The Kier molecular flexibility index (Phi) is 3.12. The van der Waals surface area contributed by atoms with E-state index in [2.05, 4.69) is 16.9 Å². The van der Waals surface area contributed by atoms with Gasteiger partial charge < -0.3 is 5.73 Å². The van der Waals surface area contributed by atoms with Gasteiger partial charge in [-0.2, -0.15) is 0 Å². The SMILES string of the molecule is Cc1nc(Cc2cc(Cl)cnc2N)sc1C. The van der Waals surface area contributed by atoms with Gasteiger partial charge in [0.25, 0.3) is 0 Å². The van der Waals surface area contributed by atoms with E-state index in [9.17, 15) is 0 Å². The monoisotopic (exact) mass is 253 g/mol. The van der Waals surface area contributed by atoms with Crippen LogP contribution in [0.15, 0.2) is 12.3 Å². The van der Waals surface area contributed by atoms with Crippen LogP contribution in [-0.2, 0) is 6.42 Å². The first-order chi connectivity index (χ1) is 7.56. The minimum atomic E-state index is 0.523. The van der Waals surface area contributed by atoms with Gasteiger partial charge >= 0.3 is 0 Å². The van der Waals surface area contributed by atoms with Crippen LogP contribution in [-0.4, -0.2) is 9.97 Å². The van der Waals surface area contributed by atoms with Crippen LogP contribution >= 0.6 is 22.9 Å². The van der Waals surface area contributed by atoms with Crippen LogP contribution in [0.25, 0.3) is 0 Å². The molecular weight excluding hydrogens is 242 g/mol. The second-order valence-electron chi connectivity index (χ2n) is 3.62. The molecular formula is C11H12ClN3S. The molecule has 0 saturated heterocycles. The highest BCUT2D eigenvalue weighted by molar-refractivity contribution is 7.11. The lowest BCUT2D eigenvalue weighted by Gasteiger charge is -2.02. The van der Waals surface area contributed by atoms with Crippen molar-refractivity contribution >= 4 is 28.8 Å². The molecule has 0 saturated carbocycles. The Morgan fingerprint density at radius 1 is 1.44 bits per heavy atom. The molecule has 0 atom stereocenters. The number of hydrogen-bond donors (Lipinski definition) is 1. The van der Waals surface area contributed by atoms with E-state index in [0.29, 0.717) is 17.3 Å². The molecule has 84 valence electrons. The third-order valence-corrected chi connectivity index (χ3v) is 3.66. The van der Waals surface area contributed by atoms with Gasteiger partial charge in [-0.25, -0.2) is 9.97 Å². The van der Waals surface area contributed by atoms with Crippen LogP contribution in [0.2, 0.25) is 5.02 Å². The molecule has 0 aliphatic rings. The molecule has 0 radical (unpaired) electrons. The fraction of sp³-hybridized carbons (Fsp3) is 0.273. The predicted molar refractivity (Wildman–Crippen MR) is 68.1 cm³/mol. The summed E-state index contributed by atoms with van der Waals surface area (Å²) in [4.78, 5) is 9.73. The number of thiazole rings is 1. The number of anilines is 1. The summed E-state index contributed by atoms with van der Waals surface area (Å²) >= 11 is 7.57. The van der Waals surface area contributed by atoms with Crippen molar-refractivity contribution in [2.45, 2.75) is 20.3 Å². The number of rotatable bonds is 2. The van der Waals surface area contributed by atoms with Crippen molar-refractivity contribution in [2.75, 3.05) is 5.73 Å². The molecule has 5 heteroatoms. The summed E-state index contributed by atoms with van der Waals surface area (Å²) in [6, 6.07) is 1.84. The first-order valence-corrected chi connectivity index (χ1v) is 6.08. The molecule has 3 nitrogen and oxygen atoms in total. The summed E-state index contributed by atoms with van der Waals surface area (Å²) < 4.78 is 0. The Hall–Kier alpha value is -1.13. The van der Waals surface area contributed by atoms with Crippen molar-refractivity contribution in [3.63, 3.8) is 0 Å². The lowest BCUT2D eigenvalue weighted by atomic mass is 10.2. The summed E-state index contributed by atoms with van der Waals surface area (Å²) in [5.74, 6) is 0.523. The van der Waals surface area contributed by atoms with Crippen LogP contribution in [0.3, 0.4) is 0 Å². The third-order valence-electron chi connectivity index (χ3n) is 2.38. The number of nitrogens with two attached hydrogens (primary N) is 1. The maximum Gasteiger partial charge on any atom is 0.127 e. The molecule has 2 N–H and O–H groups in total. The Morgan fingerprint density at radius 3 is 2.81 bits per heavy atom. The smallest absolute Gasteiger partial charge is 0.127 e. The highest BCUT2D eigenvalue weighted by Gasteiger charge is 2.08. The van der Waals surface area contributed by atoms with Gasteiger partial charge in [0.15, 0.2) is 0 Å². The minimum absolute atomic E-state index is 0.523. The molecule has 0 unspecified atom stereocenters. The van der Waals surface area contributed by atoms with Crippen molar-refractivity contribution in [3.8, 4) is 0 Å². The van der Waals surface area contributed by atoms with E-state index < -0.39 is 0 Å². The maximum atomic E-state index is 5.88. The zero-order chi connectivity index (χ0) is 11.7. The van der Waals surface area contributed by atoms with E-state index in [1.54, 1.807) is 17.5 Å². The molecule has 0 aliphatic carbocycles. The molecule has 0 aliphatic heterocycles. The summed E-state index contributed by atoms with van der Waals surface area (Å²) in [5.41, 5.74) is 7.80. The van der Waals surface area contributed by atoms with Gasteiger partial charge in [-0.05, 0) is 19.9 Å². The summed E-state index contributed by atoms with van der Waals surface area (Å²) in [5, 5.41) is 1.65. The number of hydrogen-bond acceptors (Lipinski definition) is 4. The van der Waals surface area contributed by atoms with Crippen LogP contribution in [0.4, 0.5) is 5.82 Å². The zero-order valence-corrected chi connectivity index (χ0v) is 10.7. The number of aromatic nitrogens is 2. The number of nitrogens with zero attached hydrogens (tertiary/aromatic N) is 2. The molecule has 0 aromatic carbocycles. The van der Waals surface area contributed by atoms with E-state index >= 15 is 0 Å². The fourth-order valence-electron chi connectivity index (χ4n) is 1.41. The molecule has 2 aromatic rings. The normalized spacial score (nSPS) is 10.7. The Bertz CT molecular complexity index is 502. The van der Waals surface area contributed by atoms with E-state index in [0.717, 1.165) is 16.3 Å². The lowest BCUT2D eigenvalue weighted by molar-refractivity contribution is 1.08. The van der Waals surface area contributed by atoms with Gasteiger partial charge in [0.2, 0.25) is 0 Å². The second-order valence-corrected chi connectivity index (χ2v) is 5.35. The van der Waals surface area contributed by atoms with E-state index in [1.807, 2.05) is 13.0 Å². The summed E-state index contributed by atoms with van der Waals surface area (Å²) in [6.07, 6.45) is 2.25. The molecule has 0 spiro atoms. The Balaban J connectivity index is 2.29. The number of halogens is 1. The van der Waals surface area contributed by atoms with Gasteiger partial charge in [-0.3, -0.25) is 0 Å². The summed E-state index contributed by atoms with van der Waals surface area (Å²) in [6.45, 7) is 4.07. The van der Waals surface area contributed by atoms with Crippen molar-refractivity contribution in [3.05, 3.63) is 38.4 Å². The largest absolute Gasteiger partial charge is 0.383 e. The van der Waals surface area contributed by atoms with Gasteiger partial charge in [0.1, 0.15) is 5.82 Å². The standard InChI is InChI=1S/C11H12ClN3S/c1-6-7(2)16-10(15-6)4-8-3-9(12)5-14-11(8)13/h3,5H,4H2,1-2H3,(H2,13,14). The van der Waals surface area contributed by atoms with E-state index in [-0.39, 0.29) is 0 Å². The van der Waals surface area contributed by atoms with Gasteiger partial charge in [-0.15, -0.1) is 11.3 Å². The molecule has 2 heterocycles. The van der Waals surface area contributed by atoms with Crippen LogP contribution in [0, 0.1) is 13.8 Å². The predicted octanol–water partition coefficient (Wildman–Crippen LogP) is 2.98. The molecule has 16 heavy (non-hydrogen) atoms. The second kappa shape index (κ2) is 4.39. The van der Waals surface area contributed by atoms with Crippen molar-refractivity contribution < 1.29 is 0 Å². The highest BCUT2D eigenvalue weighted by Crippen LogP contribution is 2.23. The average Bonchev–Trinajstić information content (AvgIpc) is 2.52. The van der Waals surface area contributed by atoms with Gasteiger partial charge in [0.05, 0.1) is 15.7 Å². The molecule has 0 amide bonds. The minimum Gasteiger partial charge on any atom is -0.383 e. The van der Waals surface area contributed by atoms with Crippen molar-refractivity contribution in [2.24, 2.45) is 0 Å². The topological polar surface area (TPSA) is 51.8 Å². The van der Waals surface area contributed by atoms with Crippen molar-refractivity contribution in [1.82, 2.24) is 9.97 Å². The number of pyridine rings is 1. The number of aryl methyl sites for hydroxylation is 2.